The van der Waals surface area contributed by atoms with Gasteiger partial charge in [-0.3, -0.25) is 0 Å². The molecule has 0 unspecified atom stereocenters. The fraction of sp³-hybridized carbons (Fsp3) is 0.600. The maximum atomic E-state index is 12.9. The van der Waals surface area contributed by atoms with Gasteiger partial charge in [-0.25, -0.2) is 0 Å². The van der Waals surface area contributed by atoms with Gasteiger partial charge in [-0.1, -0.05) is 6.07 Å². The average molecular weight is 388 g/mol. The molecule has 8 heteroatoms. The van der Waals surface area contributed by atoms with E-state index in [1.54, 1.807) is 79.7 Å². The maximum Gasteiger partial charge on any atom is 0.504 e. The Balaban J connectivity index is 2.19. The summed E-state index contributed by atoms with van der Waals surface area (Å²) in [6, 6.07) is 6.49. The Morgan fingerprint density at radius 2 is 0.964 bits per heavy atom. The third-order valence-electron chi connectivity index (χ3n) is 7.17. The van der Waals surface area contributed by atoms with Crippen LogP contribution < -0.4 is 0 Å². The van der Waals surface area contributed by atoms with Gasteiger partial charge in [0.05, 0.1) is 0 Å². The van der Waals surface area contributed by atoms with E-state index in [-0.39, 0.29) is 11.7 Å². The normalized spacial score (nSPS) is 25.0. The monoisotopic (exact) mass is 388 g/mol. The van der Waals surface area contributed by atoms with Crippen LogP contribution in [-0.2, 0) is 0 Å². The zero-order valence-corrected chi connectivity index (χ0v) is 17.7. The lowest BCUT2D eigenvalue weighted by Gasteiger charge is -2.22. The van der Waals surface area contributed by atoms with Crippen molar-refractivity contribution < 1.29 is 19.0 Å². The summed E-state index contributed by atoms with van der Waals surface area (Å²) in [6.07, 6.45) is 0. The van der Waals surface area contributed by atoms with E-state index in [2.05, 4.69) is 0 Å². The Kier molecular flexibility index (Phi) is 3.92. The van der Waals surface area contributed by atoms with Crippen LogP contribution in [0.2, 0.25) is 0 Å². The molecular weight excluding hydrogens is 360 g/mol. The van der Waals surface area contributed by atoms with E-state index in [0.29, 0.717) is 11.1 Å². The van der Waals surface area contributed by atoms with Gasteiger partial charge in [0.1, 0.15) is 20.6 Å². The Morgan fingerprint density at radius 3 is 1.21 bits per heavy atom. The van der Waals surface area contributed by atoms with E-state index in [1.165, 1.54) is 0 Å². The Bertz CT molecular complexity index is 908. The van der Waals surface area contributed by atoms with Gasteiger partial charge in [0, 0.05) is 65.2 Å². The minimum atomic E-state index is -0.945. The molecule has 0 aromatic heterocycles. The molecule has 2 heterocycles. The summed E-state index contributed by atoms with van der Waals surface area (Å²) in [7, 11) is 0. The molecule has 0 bridgehead atoms. The zero-order chi connectivity index (χ0) is 21.4. The quantitative estimate of drug-likeness (QED) is 0.575. The van der Waals surface area contributed by atoms with Crippen LogP contribution in [0.4, 0.5) is 0 Å². The lowest BCUT2D eigenvalue weighted by Crippen LogP contribution is -2.50. The molecule has 0 fully saturated rings. The number of hydroxylamine groups is 2. The molecule has 0 spiro atoms. The molecular formula is C20H28N4O4+2. The van der Waals surface area contributed by atoms with Crippen molar-refractivity contribution in [2.75, 3.05) is 0 Å². The van der Waals surface area contributed by atoms with Crippen LogP contribution >= 0.6 is 0 Å². The van der Waals surface area contributed by atoms with E-state index < -0.39 is 22.2 Å². The lowest BCUT2D eigenvalue weighted by molar-refractivity contribution is -0.555. The number of rotatable bonds is 2. The van der Waals surface area contributed by atoms with E-state index in [4.69, 9.17) is 0 Å². The van der Waals surface area contributed by atoms with Gasteiger partial charge >= 0.3 is 11.7 Å². The Labute approximate surface area is 164 Å². The molecule has 0 radical (unpaired) electrons. The van der Waals surface area contributed by atoms with Crippen molar-refractivity contribution in [3.63, 3.8) is 0 Å². The molecule has 0 N–H and O–H groups in total. The highest BCUT2D eigenvalue weighted by Gasteiger charge is 2.69. The van der Waals surface area contributed by atoms with Gasteiger partial charge in [0.25, 0.3) is 11.1 Å². The third-order valence-corrected chi connectivity index (χ3v) is 7.17. The SMILES string of the molecule is CC1(C)[N+](=O)C(c2cccc(C3=[N+]([O-])C(C)(C)C(C)(C)[N+]3=O)c2)=[N+]([O-])C1(C)C. The topological polar surface area (TPSA) is 92.3 Å². The van der Waals surface area contributed by atoms with E-state index in [1.807, 2.05) is 0 Å². The van der Waals surface area contributed by atoms with Crippen molar-refractivity contribution in [1.29, 1.82) is 0 Å². The second kappa shape index (κ2) is 5.46. The summed E-state index contributed by atoms with van der Waals surface area (Å²) < 4.78 is 2.87. The van der Waals surface area contributed by atoms with Crippen LogP contribution in [0.1, 0.15) is 66.5 Å². The molecule has 0 atom stereocenters. The van der Waals surface area contributed by atoms with E-state index in [0.717, 1.165) is 19.0 Å². The number of amidine groups is 2. The van der Waals surface area contributed by atoms with Crippen molar-refractivity contribution in [1.82, 2.24) is 0 Å². The average Bonchev–Trinajstić information content (AvgIpc) is 2.79. The minimum Gasteiger partial charge on any atom is -0.618 e. The number of benzene rings is 1. The van der Waals surface area contributed by atoms with Crippen LogP contribution in [0, 0.1) is 20.2 Å². The predicted octanol–water partition coefficient (Wildman–Crippen LogP) is 2.90. The zero-order valence-electron chi connectivity index (χ0n) is 17.7. The fourth-order valence-electron chi connectivity index (χ4n) is 3.48. The first-order chi connectivity index (χ1) is 12.6. The molecule has 3 rings (SSSR count). The molecule has 150 valence electrons. The summed E-state index contributed by atoms with van der Waals surface area (Å²) >= 11 is 0. The fourth-order valence-corrected chi connectivity index (χ4v) is 3.48. The first kappa shape index (κ1) is 20.1. The van der Waals surface area contributed by atoms with Gasteiger partial charge in [0.2, 0.25) is 11.1 Å². The lowest BCUT2D eigenvalue weighted by atomic mass is 9.84. The highest BCUT2D eigenvalue weighted by Crippen LogP contribution is 2.37. The van der Waals surface area contributed by atoms with Gasteiger partial charge in [-0.05, 0) is 18.2 Å². The molecule has 0 aliphatic carbocycles. The highest BCUT2D eigenvalue weighted by atomic mass is 16.5. The van der Waals surface area contributed by atoms with Crippen LogP contribution in [-0.4, -0.2) is 52.8 Å². The summed E-state index contributed by atoms with van der Waals surface area (Å²) in [6.45, 7) is 13.8. The summed E-state index contributed by atoms with van der Waals surface area (Å²) in [5, 5.41) is 25.8. The molecule has 0 saturated carbocycles. The van der Waals surface area contributed by atoms with Gasteiger partial charge < -0.3 is 10.4 Å². The van der Waals surface area contributed by atoms with Crippen molar-refractivity contribution >= 4 is 11.7 Å². The predicted molar refractivity (Wildman–Crippen MR) is 105 cm³/mol. The number of nitroso groups, excluding NO2 is 2. The van der Waals surface area contributed by atoms with E-state index >= 15 is 0 Å². The smallest absolute Gasteiger partial charge is 0.504 e. The summed E-state index contributed by atoms with van der Waals surface area (Å²) in [4.78, 5) is 25.8. The molecule has 0 saturated heterocycles. The van der Waals surface area contributed by atoms with Crippen LogP contribution in [0.3, 0.4) is 0 Å². The molecule has 0 amide bonds. The number of hydrogen-bond acceptors (Lipinski definition) is 4. The molecule has 2 aliphatic rings. The van der Waals surface area contributed by atoms with Gasteiger partial charge in [-0.2, -0.15) is 0 Å². The standard InChI is InChI=1S/C20H28N4O4/c1-17(2)18(3,4)22(26)15(21(17)25)13-10-9-11-14(12-13)16-23(27)19(5,6)20(7,8)24(16)28/h9-12H,1-8H3/q+2. The number of nitrogens with zero attached hydrogens (tertiary/aromatic N) is 4. The molecule has 1 aromatic rings. The third kappa shape index (κ3) is 2.17. The number of hydrogen-bond donors (Lipinski definition) is 0. The minimum absolute atomic E-state index is 0.0242. The first-order valence-corrected chi connectivity index (χ1v) is 9.34. The molecule has 28 heavy (non-hydrogen) atoms. The largest absolute Gasteiger partial charge is 0.618 e. The second-order valence-corrected chi connectivity index (χ2v) is 9.64. The van der Waals surface area contributed by atoms with Crippen LogP contribution in [0.15, 0.2) is 24.3 Å². The second-order valence-electron chi connectivity index (χ2n) is 9.64. The van der Waals surface area contributed by atoms with Crippen molar-refractivity contribution in [3.8, 4) is 0 Å². The van der Waals surface area contributed by atoms with Gasteiger partial charge in [-0.15, -0.1) is 9.48 Å². The highest BCUT2D eigenvalue weighted by molar-refractivity contribution is 5.95. The van der Waals surface area contributed by atoms with Crippen LogP contribution in [0.25, 0.3) is 0 Å². The maximum absolute atomic E-state index is 12.9. The van der Waals surface area contributed by atoms with Gasteiger partial charge in [0.15, 0.2) is 0 Å². The molecule has 2 aliphatic heterocycles. The first-order valence-electron chi connectivity index (χ1n) is 9.34. The Hall–Kier alpha value is -2.64. The molecule has 8 nitrogen and oxygen atoms in total. The summed E-state index contributed by atoms with van der Waals surface area (Å²) in [5.41, 5.74) is -3.03. The van der Waals surface area contributed by atoms with Crippen molar-refractivity contribution in [2.45, 2.75) is 77.5 Å². The van der Waals surface area contributed by atoms with Crippen LogP contribution in [0.5, 0.6) is 0 Å². The Morgan fingerprint density at radius 1 is 0.643 bits per heavy atom. The van der Waals surface area contributed by atoms with E-state index in [9.17, 15) is 20.2 Å². The van der Waals surface area contributed by atoms with Crippen molar-refractivity contribution in [3.05, 3.63) is 55.6 Å². The van der Waals surface area contributed by atoms with Crippen molar-refractivity contribution in [2.24, 2.45) is 0 Å². The summed E-state index contributed by atoms with van der Waals surface area (Å²) in [5.74, 6) is -0.0484. The molecule has 1 aromatic carbocycles.